The fourth-order valence-corrected chi connectivity index (χ4v) is 1.83. The van der Waals surface area contributed by atoms with Crippen LogP contribution in [0, 0.1) is 0 Å². The van der Waals surface area contributed by atoms with Crippen molar-refractivity contribution in [3.8, 4) is 5.75 Å². The number of carboxylic acid groups (broad SMARTS) is 2. The zero-order valence-corrected chi connectivity index (χ0v) is 12.7. The fourth-order valence-electron chi connectivity index (χ4n) is 1.56. The van der Waals surface area contributed by atoms with Crippen molar-refractivity contribution in [1.29, 1.82) is 0 Å². The molecule has 1 atom stereocenters. The van der Waals surface area contributed by atoms with E-state index in [1.54, 1.807) is 24.3 Å². The number of hydrogen-bond acceptors (Lipinski definition) is 4. The van der Waals surface area contributed by atoms with Crippen LogP contribution in [-0.4, -0.2) is 52.2 Å². The zero-order chi connectivity index (χ0) is 16.0. The summed E-state index contributed by atoms with van der Waals surface area (Å²) >= 11 is 3.26. The molecule has 0 aromatic heterocycles. The van der Waals surface area contributed by atoms with Crippen LogP contribution in [0.4, 0.5) is 0 Å². The van der Waals surface area contributed by atoms with E-state index in [1.807, 2.05) is 0 Å². The SMILES string of the molecule is CC(Oc1ccc(Br)cc1)C(=O)N(CC(=O)O)CC(=O)O. The van der Waals surface area contributed by atoms with E-state index in [0.29, 0.717) is 10.6 Å². The lowest BCUT2D eigenvalue weighted by molar-refractivity contribution is -0.152. The van der Waals surface area contributed by atoms with Gasteiger partial charge < -0.3 is 19.8 Å². The van der Waals surface area contributed by atoms with Gasteiger partial charge in [0.15, 0.2) is 6.10 Å². The molecule has 0 aliphatic rings. The van der Waals surface area contributed by atoms with E-state index in [2.05, 4.69) is 15.9 Å². The molecule has 0 aliphatic heterocycles. The van der Waals surface area contributed by atoms with Crippen LogP contribution in [0.2, 0.25) is 0 Å². The van der Waals surface area contributed by atoms with Gasteiger partial charge in [-0.05, 0) is 31.2 Å². The summed E-state index contributed by atoms with van der Waals surface area (Å²) in [4.78, 5) is 34.1. The first-order valence-electron chi connectivity index (χ1n) is 5.94. The second kappa shape index (κ2) is 7.63. The van der Waals surface area contributed by atoms with Crippen molar-refractivity contribution >= 4 is 33.8 Å². The molecule has 0 radical (unpaired) electrons. The third-order valence-electron chi connectivity index (χ3n) is 2.44. The first-order chi connectivity index (χ1) is 9.79. The molecule has 0 spiro atoms. The summed E-state index contributed by atoms with van der Waals surface area (Å²) in [6.45, 7) is 0.0411. The molecule has 0 heterocycles. The molecule has 7 nitrogen and oxygen atoms in total. The maximum Gasteiger partial charge on any atom is 0.323 e. The summed E-state index contributed by atoms with van der Waals surface area (Å²) in [6, 6.07) is 6.71. The molecule has 0 fully saturated rings. The van der Waals surface area contributed by atoms with Crippen LogP contribution in [-0.2, 0) is 14.4 Å². The quantitative estimate of drug-likeness (QED) is 0.758. The monoisotopic (exact) mass is 359 g/mol. The largest absolute Gasteiger partial charge is 0.481 e. The first-order valence-corrected chi connectivity index (χ1v) is 6.73. The smallest absolute Gasteiger partial charge is 0.323 e. The van der Waals surface area contributed by atoms with E-state index in [-0.39, 0.29) is 0 Å². The summed E-state index contributed by atoms with van der Waals surface area (Å²) in [7, 11) is 0. The summed E-state index contributed by atoms with van der Waals surface area (Å²) in [5.74, 6) is -2.87. The van der Waals surface area contributed by atoms with Crippen molar-refractivity contribution in [1.82, 2.24) is 4.90 Å². The molecule has 1 aromatic carbocycles. The van der Waals surface area contributed by atoms with Gasteiger partial charge in [-0.2, -0.15) is 0 Å². The number of halogens is 1. The number of carbonyl (C=O) groups is 3. The Morgan fingerprint density at radius 2 is 1.62 bits per heavy atom. The van der Waals surface area contributed by atoms with E-state index in [4.69, 9.17) is 14.9 Å². The maximum absolute atomic E-state index is 12.1. The molecule has 0 aliphatic carbocycles. The van der Waals surface area contributed by atoms with Gasteiger partial charge in [0, 0.05) is 4.47 Å². The molecule has 21 heavy (non-hydrogen) atoms. The molecule has 0 bridgehead atoms. The van der Waals surface area contributed by atoms with E-state index in [0.717, 1.165) is 4.47 Å². The van der Waals surface area contributed by atoms with Gasteiger partial charge in [-0.3, -0.25) is 14.4 Å². The van der Waals surface area contributed by atoms with Gasteiger partial charge in [-0.15, -0.1) is 0 Å². The summed E-state index contributed by atoms with van der Waals surface area (Å²) < 4.78 is 6.22. The lowest BCUT2D eigenvalue weighted by Crippen LogP contribution is -2.45. The zero-order valence-electron chi connectivity index (χ0n) is 11.2. The second-order valence-corrected chi connectivity index (χ2v) is 5.11. The van der Waals surface area contributed by atoms with E-state index < -0.39 is 37.0 Å². The lowest BCUT2D eigenvalue weighted by atomic mass is 10.3. The van der Waals surface area contributed by atoms with Crippen LogP contribution in [0.15, 0.2) is 28.7 Å². The number of carboxylic acids is 2. The second-order valence-electron chi connectivity index (χ2n) is 4.20. The molecule has 0 saturated heterocycles. The summed E-state index contributed by atoms with van der Waals surface area (Å²) in [6.07, 6.45) is -0.995. The Bertz CT molecular complexity index is 514. The number of nitrogens with zero attached hydrogens (tertiary/aromatic N) is 1. The average molecular weight is 360 g/mol. The van der Waals surface area contributed by atoms with E-state index >= 15 is 0 Å². The summed E-state index contributed by atoms with van der Waals surface area (Å²) in [5, 5.41) is 17.4. The number of benzene rings is 1. The van der Waals surface area contributed by atoms with Crippen LogP contribution in [0.5, 0.6) is 5.75 Å². The van der Waals surface area contributed by atoms with Crippen molar-refractivity contribution in [3.05, 3.63) is 28.7 Å². The van der Waals surface area contributed by atoms with Gasteiger partial charge in [0.25, 0.3) is 5.91 Å². The Labute approximate surface area is 129 Å². The van der Waals surface area contributed by atoms with Gasteiger partial charge >= 0.3 is 11.9 Å². The molecule has 114 valence electrons. The van der Waals surface area contributed by atoms with Gasteiger partial charge in [-0.25, -0.2) is 0 Å². The molecule has 1 unspecified atom stereocenters. The highest BCUT2D eigenvalue weighted by atomic mass is 79.9. The number of amides is 1. The number of rotatable bonds is 7. The Balaban J connectivity index is 2.74. The molecular weight excluding hydrogens is 346 g/mol. The minimum Gasteiger partial charge on any atom is -0.481 e. The van der Waals surface area contributed by atoms with E-state index in [1.165, 1.54) is 6.92 Å². The molecule has 1 aromatic rings. The van der Waals surface area contributed by atoms with Gasteiger partial charge in [0.2, 0.25) is 0 Å². The molecular formula is C13H14BrNO6. The topological polar surface area (TPSA) is 104 Å². The van der Waals surface area contributed by atoms with Crippen molar-refractivity contribution in [3.63, 3.8) is 0 Å². The molecule has 0 saturated carbocycles. The fraction of sp³-hybridized carbons (Fsp3) is 0.308. The van der Waals surface area contributed by atoms with Crippen molar-refractivity contribution in [2.75, 3.05) is 13.1 Å². The minimum absolute atomic E-state index is 0.421. The van der Waals surface area contributed by atoms with Gasteiger partial charge in [-0.1, -0.05) is 15.9 Å². The molecule has 2 N–H and O–H groups in total. The Kier molecular flexibility index (Phi) is 6.16. The minimum atomic E-state index is -1.29. The Morgan fingerprint density at radius 1 is 1.14 bits per heavy atom. The van der Waals surface area contributed by atoms with Crippen molar-refractivity contribution in [2.45, 2.75) is 13.0 Å². The standard InChI is InChI=1S/C13H14BrNO6/c1-8(21-10-4-2-9(14)3-5-10)13(20)15(6-11(16)17)7-12(18)19/h2-5,8H,6-7H2,1H3,(H,16,17)(H,18,19). The summed E-state index contributed by atoms with van der Waals surface area (Å²) in [5.41, 5.74) is 0. The van der Waals surface area contributed by atoms with Gasteiger partial charge in [0.1, 0.15) is 18.8 Å². The van der Waals surface area contributed by atoms with Crippen molar-refractivity contribution < 1.29 is 29.3 Å². The molecule has 8 heteroatoms. The Morgan fingerprint density at radius 3 is 2.05 bits per heavy atom. The highest BCUT2D eigenvalue weighted by Crippen LogP contribution is 2.17. The van der Waals surface area contributed by atoms with Crippen LogP contribution < -0.4 is 4.74 Å². The van der Waals surface area contributed by atoms with Crippen LogP contribution >= 0.6 is 15.9 Å². The highest BCUT2D eigenvalue weighted by molar-refractivity contribution is 9.10. The number of aliphatic carboxylic acids is 2. The normalized spacial score (nSPS) is 11.5. The lowest BCUT2D eigenvalue weighted by Gasteiger charge is -2.23. The van der Waals surface area contributed by atoms with Crippen LogP contribution in [0.25, 0.3) is 0 Å². The number of hydrogen-bond donors (Lipinski definition) is 2. The maximum atomic E-state index is 12.1. The van der Waals surface area contributed by atoms with Crippen molar-refractivity contribution in [2.24, 2.45) is 0 Å². The predicted molar refractivity (Wildman–Crippen MR) is 76.1 cm³/mol. The number of carbonyl (C=O) groups excluding carboxylic acids is 1. The average Bonchev–Trinajstić information content (AvgIpc) is 2.38. The third kappa shape index (κ3) is 5.82. The van der Waals surface area contributed by atoms with Gasteiger partial charge in [0.05, 0.1) is 0 Å². The highest BCUT2D eigenvalue weighted by Gasteiger charge is 2.25. The number of ether oxygens (including phenoxy) is 1. The van der Waals surface area contributed by atoms with Crippen LogP contribution in [0.1, 0.15) is 6.92 Å². The van der Waals surface area contributed by atoms with E-state index in [9.17, 15) is 14.4 Å². The first kappa shape index (κ1) is 17.0. The predicted octanol–water partition coefficient (Wildman–Crippen LogP) is 1.21. The third-order valence-corrected chi connectivity index (χ3v) is 2.97. The molecule has 1 amide bonds. The Hall–Kier alpha value is -2.09. The van der Waals surface area contributed by atoms with Crippen LogP contribution in [0.3, 0.4) is 0 Å². The molecule has 1 rings (SSSR count).